The van der Waals surface area contributed by atoms with Gasteiger partial charge in [-0.25, -0.2) is 0 Å². The largest absolute Gasteiger partial charge is 0.395 e. The second kappa shape index (κ2) is 6.09. The zero-order valence-electron chi connectivity index (χ0n) is 11.5. The van der Waals surface area contributed by atoms with Gasteiger partial charge in [0.15, 0.2) is 0 Å². The zero-order valence-corrected chi connectivity index (χ0v) is 13.1. The van der Waals surface area contributed by atoms with E-state index in [1.165, 1.54) is 4.68 Å². The number of nitrogen functional groups attached to an aromatic ring is 1. The van der Waals surface area contributed by atoms with Crippen LogP contribution in [0.25, 0.3) is 0 Å². The van der Waals surface area contributed by atoms with Crippen LogP contribution in [0.5, 0.6) is 0 Å². The summed E-state index contributed by atoms with van der Waals surface area (Å²) in [5.74, 6) is -0.211. The van der Waals surface area contributed by atoms with Crippen molar-refractivity contribution in [2.75, 3.05) is 5.73 Å². The van der Waals surface area contributed by atoms with Crippen LogP contribution in [0.15, 0.2) is 28.7 Å². The number of aryl methyl sites for hydroxylation is 2. The molecule has 0 radical (unpaired) electrons. The number of hydrogen-bond acceptors (Lipinski definition) is 3. The lowest BCUT2D eigenvalue weighted by Crippen LogP contribution is -2.26. The lowest BCUT2D eigenvalue weighted by Gasteiger charge is -2.07. The number of nitrogens with two attached hydrogens (primary N) is 1. The second-order valence-electron chi connectivity index (χ2n) is 4.50. The van der Waals surface area contributed by atoms with Gasteiger partial charge in [0.25, 0.3) is 5.91 Å². The number of benzene rings is 1. The zero-order chi connectivity index (χ0) is 14.7. The number of anilines is 1. The molecule has 0 unspecified atom stereocenters. The quantitative estimate of drug-likeness (QED) is 0.899. The molecule has 20 heavy (non-hydrogen) atoms. The summed E-state index contributed by atoms with van der Waals surface area (Å²) in [6, 6.07) is 7.79. The van der Waals surface area contributed by atoms with E-state index >= 15 is 0 Å². The number of aromatic nitrogens is 2. The third-order valence-electron chi connectivity index (χ3n) is 3.05. The Labute approximate surface area is 126 Å². The molecule has 5 nitrogen and oxygen atoms in total. The molecular weight excluding hydrogens is 320 g/mol. The Kier molecular flexibility index (Phi) is 4.44. The molecule has 6 heteroatoms. The van der Waals surface area contributed by atoms with Crippen LogP contribution in [-0.2, 0) is 20.0 Å². The molecule has 0 fully saturated rings. The molecule has 3 N–H and O–H groups in total. The number of amides is 1. The summed E-state index contributed by atoms with van der Waals surface area (Å²) < 4.78 is 2.52. The average molecular weight is 337 g/mol. The van der Waals surface area contributed by atoms with Gasteiger partial charge in [0.1, 0.15) is 5.69 Å². The van der Waals surface area contributed by atoms with Crippen LogP contribution >= 0.6 is 15.9 Å². The highest BCUT2D eigenvalue weighted by Crippen LogP contribution is 2.17. The number of hydrogen-bond donors (Lipinski definition) is 2. The Morgan fingerprint density at radius 2 is 2.25 bits per heavy atom. The van der Waals surface area contributed by atoms with Gasteiger partial charge in [0.05, 0.1) is 11.4 Å². The molecule has 2 rings (SSSR count). The van der Waals surface area contributed by atoms with Gasteiger partial charge in [-0.15, -0.1) is 0 Å². The molecule has 0 bridgehead atoms. The Hall–Kier alpha value is -1.82. The van der Waals surface area contributed by atoms with Crippen molar-refractivity contribution in [2.24, 2.45) is 7.05 Å². The van der Waals surface area contributed by atoms with E-state index in [4.69, 9.17) is 5.73 Å². The first kappa shape index (κ1) is 14.6. The van der Waals surface area contributed by atoms with E-state index in [9.17, 15) is 4.79 Å². The molecule has 0 aliphatic heterocycles. The van der Waals surface area contributed by atoms with E-state index in [1.54, 1.807) is 7.05 Å². The lowest BCUT2D eigenvalue weighted by molar-refractivity contribution is 0.0942. The number of halogens is 1. The summed E-state index contributed by atoms with van der Waals surface area (Å²) in [4.78, 5) is 12.2. The highest BCUT2D eigenvalue weighted by molar-refractivity contribution is 9.10. The van der Waals surface area contributed by atoms with Crippen LogP contribution < -0.4 is 11.1 Å². The maximum Gasteiger partial charge on any atom is 0.271 e. The molecule has 0 saturated carbocycles. The second-order valence-corrected chi connectivity index (χ2v) is 5.41. The van der Waals surface area contributed by atoms with Crippen molar-refractivity contribution in [2.45, 2.75) is 19.9 Å². The van der Waals surface area contributed by atoms with Crippen LogP contribution in [0.2, 0.25) is 0 Å². The number of carbonyl (C=O) groups is 1. The van der Waals surface area contributed by atoms with Gasteiger partial charge in [-0.3, -0.25) is 9.48 Å². The van der Waals surface area contributed by atoms with Crippen molar-refractivity contribution in [1.29, 1.82) is 0 Å². The minimum atomic E-state index is -0.211. The molecule has 1 amide bonds. The highest BCUT2D eigenvalue weighted by Gasteiger charge is 2.18. The Balaban J connectivity index is 2.11. The van der Waals surface area contributed by atoms with Crippen molar-refractivity contribution in [3.63, 3.8) is 0 Å². The monoisotopic (exact) mass is 336 g/mol. The Morgan fingerprint density at radius 3 is 2.85 bits per heavy atom. The molecule has 0 aliphatic rings. The van der Waals surface area contributed by atoms with Crippen molar-refractivity contribution in [1.82, 2.24) is 15.1 Å². The van der Waals surface area contributed by atoms with Crippen molar-refractivity contribution in [3.05, 3.63) is 45.7 Å². The SMILES string of the molecule is CCc1nn(C)c(C(=O)NCc2cccc(Br)c2)c1N. The van der Waals surface area contributed by atoms with Crippen LogP contribution in [0.3, 0.4) is 0 Å². The molecule has 0 saturated heterocycles. The van der Waals surface area contributed by atoms with E-state index in [-0.39, 0.29) is 5.91 Å². The first-order valence-electron chi connectivity index (χ1n) is 6.37. The minimum Gasteiger partial charge on any atom is -0.395 e. The summed E-state index contributed by atoms with van der Waals surface area (Å²) >= 11 is 3.40. The number of nitrogens with zero attached hydrogens (tertiary/aromatic N) is 2. The molecule has 1 aromatic heterocycles. The third-order valence-corrected chi connectivity index (χ3v) is 3.55. The lowest BCUT2D eigenvalue weighted by atomic mass is 10.2. The number of rotatable bonds is 4. The minimum absolute atomic E-state index is 0.211. The fourth-order valence-electron chi connectivity index (χ4n) is 2.04. The van der Waals surface area contributed by atoms with Crippen LogP contribution in [0.4, 0.5) is 5.69 Å². The number of nitrogens with one attached hydrogen (secondary N) is 1. The van der Waals surface area contributed by atoms with Crippen LogP contribution in [0.1, 0.15) is 28.7 Å². The summed E-state index contributed by atoms with van der Waals surface area (Å²) in [5.41, 5.74) is 8.60. The third kappa shape index (κ3) is 3.01. The highest BCUT2D eigenvalue weighted by atomic mass is 79.9. The van der Waals surface area contributed by atoms with E-state index in [0.29, 0.717) is 24.3 Å². The molecular formula is C14H17BrN4O. The van der Waals surface area contributed by atoms with E-state index in [0.717, 1.165) is 15.7 Å². The summed E-state index contributed by atoms with van der Waals surface area (Å²) in [5, 5.41) is 7.10. The van der Waals surface area contributed by atoms with Crippen molar-refractivity contribution in [3.8, 4) is 0 Å². The summed E-state index contributed by atoms with van der Waals surface area (Å²) in [7, 11) is 1.73. The summed E-state index contributed by atoms with van der Waals surface area (Å²) in [6.45, 7) is 2.41. The normalized spacial score (nSPS) is 10.6. The fraction of sp³-hybridized carbons (Fsp3) is 0.286. The molecule has 1 aromatic carbocycles. The molecule has 1 heterocycles. The van der Waals surface area contributed by atoms with Crippen molar-refractivity contribution >= 4 is 27.5 Å². The van der Waals surface area contributed by atoms with Crippen molar-refractivity contribution < 1.29 is 4.79 Å². The van der Waals surface area contributed by atoms with Gasteiger partial charge >= 0.3 is 0 Å². The van der Waals surface area contributed by atoms with E-state index in [1.807, 2.05) is 31.2 Å². The molecule has 0 aliphatic carbocycles. The Morgan fingerprint density at radius 1 is 1.50 bits per heavy atom. The predicted molar refractivity (Wildman–Crippen MR) is 82.3 cm³/mol. The van der Waals surface area contributed by atoms with Gasteiger partial charge in [0, 0.05) is 18.1 Å². The fourth-order valence-corrected chi connectivity index (χ4v) is 2.49. The smallest absolute Gasteiger partial charge is 0.271 e. The topological polar surface area (TPSA) is 72.9 Å². The van der Waals surface area contributed by atoms with Gasteiger partial charge in [-0.2, -0.15) is 5.10 Å². The van der Waals surface area contributed by atoms with Gasteiger partial charge in [0.2, 0.25) is 0 Å². The average Bonchev–Trinajstić information content (AvgIpc) is 2.71. The first-order chi connectivity index (χ1) is 9.52. The molecule has 106 valence electrons. The van der Waals surface area contributed by atoms with Gasteiger partial charge in [-0.1, -0.05) is 35.0 Å². The summed E-state index contributed by atoms with van der Waals surface area (Å²) in [6.07, 6.45) is 0.707. The maximum absolute atomic E-state index is 12.2. The van der Waals surface area contributed by atoms with Gasteiger partial charge in [-0.05, 0) is 24.1 Å². The van der Waals surface area contributed by atoms with Crippen LogP contribution in [-0.4, -0.2) is 15.7 Å². The van der Waals surface area contributed by atoms with Gasteiger partial charge < -0.3 is 11.1 Å². The molecule has 0 spiro atoms. The Bertz CT molecular complexity index is 636. The number of carbonyl (C=O) groups excluding carboxylic acids is 1. The standard InChI is InChI=1S/C14H17BrN4O/c1-3-11-12(16)13(19(2)18-11)14(20)17-8-9-5-4-6-10(15)7-9/h4-7H,3,8,16H2,1-2H3,(H,17,20). The van der Waals surface area contributed by atoms with Crippen LogP contribution in [0, 0.1) is 0 Å². The first-order valence-corrected chi connectivity index (χ1v) is 7.16. The van der Waals surface area contributed by atoms with E-state index in [2.05, 4.69) is 26.3 Å². The predicted octanol–water partition coefficient (Wildman–Crippen LogP) is 2.26. The molecule has 2 aromatic rings. The van der Waals surface area contributed by atoms with E-state index < -0.39 is 0 Å². The maximum atomic E-state index is 12.2. The molecule has 0 atom stereocenters.